The monoisotopic (exact) mass is 265 g/mol. The number of nitrogens with one attached hydrogen (secondary N) is 1. The third kappa shape index (κ3) is 5.99. The number of rotatable bonds is 5. The van der Waals surface area contributed by atoms with E-state index in [0.717, 1.165) is 19.1 Å². The van der Waals surface area contributed by atoms with E-state index in [1.54, 1.807) is 0 Å². The summed E-state index contributed by atoms with van der Waals surface area (Å²) in [5.74, 6) is -0.139. The van der Waals surface area contributed by atoms with Crippen LogP contribution in [0.15, 0.2) is 0 Å². The lowest BCUT2D eigenvalue weighted by Gasteiger charge is -2.28. The summed E-state index contributed by atoms with van der Waals surface area (Å²) in [6, 6.07) is 0.0945. The summed E-state index contributed by atoms with van der Waals surface area (Å²) in [5.41, 5.74) is 0. The summed E-state index contributed by atoms with van der Waals surface area (Å²) in [5, 5.41) is 2.83. The number of hydrogen-bond donors (Lipinski definition) is 1. The van der Waals surface area contributed by atoms with Crippen molar-refractivity contribution in [3.63, 3.8) is 0 Å². The first-order valence-corrected chi connectivity index (χ1v) is 7.39. The third-order valence-corrected chi connectivity index (χ3v) is 3.25. The van der Waals surface area contributed by atoms with Gasteiger partial charge < -0.3 is 10.1 Å². The lowest BCUT2D eigenvalue weighted by atomic mass is 9.93. The Morgan fingerprint density at radius 3 is 2.35 bits per heavy atom. The Labute approximate surface area is 102 Å². The number of carbonyl (C=O) groups excluding carboxylic acids is 1. The van der Waals surface area contributed by atoms with Gasteiger partial charge in [-0.25, -0.2) is 0 Å². The zero-order chi connectivity index (χ0) is 12.9. The van der Waals surface area contributed by atoms with Gasteiger partial charge in [0.15, 0.2) is 0 Å². The summed E-state index contributed by atoms with van der Waals surface area (Å²) in [6.07, 6.45) is 3.56. The molecule has 1 aliphatic carbocycles. The SMILES string of the molecule is COCC(=O)NC1CCC(OS(C)(=O)=O)CC1. The number of methoxy groups -OCH3 is 1. The van der Waals surface area contributed by atoms with E-state index in [4.69, 9.17) is 8.92 Å². The molecule has 0 unspecified atom stereocenters. The molecule has 0 aliphatic heterocycles. The van der Waals surface area contributed by atoms with Gasteiger partial charge in [0.25, 0.3) is 10.1 Å². The van der Waals surface area contributed by atoms with Crippen LogP contribution in [0.3, 0.4) is 0 Å². The van der Waals surface area contributed by atoms with Gasteiger partial charge in [0.05, 0.1) is 12.4 Å². The van der Waals surface area contributed by atoms with E-state index >= 15 is 0 Å². The van der Waals surface area contributed by atoms with E-state index in [9.17, 15) is 13.2 Å². The summed E-state index contributed by atoms with van der Waals surface area (Å²) in [7, 11) is -1.91. The second-order valence-corrected chi connectivity index (χ2v) is 5.88. The summed E-state index contributed by atoms with van der Waals surface area (Å²) in [4.78, 5) is 11.3. The standard InChI is InChI=1S/C10H19NO5S/c1-15-7-10(12)11-8-3-5-9(6-4-8)16-17(2,13)14/h8-9H,3-7H2,1-2H3,(H,11,12). The Balaban J connectivity index is 2.28. The molecule has 6 nitrogen and oxygen atoms in total. The van der Waals surface area contributed by atoms with Gasteiger partial charge in [-0.05, 0) is 25.7 Å². The molecular formula is C10H19NO5S. The Kier molecular flexibility index (Phi) is 5.35. The smallest absolute Gasteiger partial charge is 0.264 e. The van der Waals surface area contributed by atoms with Gasteiger partial charge >= 0.3 is 0 Å². The van der Waals surface area contributed by atoms with Crippen LogP contribution in [-0.4, -0.2) is 46.4 Å². The van der Waals surface area contributed by atoms with Crippen LogP contribution in [0.2, 0.25) is 0 Å². The second-order valence-electron chi connectivity index (χ2n) is 4.27. The van der Waals surface area contributed by atoms with Crippen LogP contribution in [0.5, 0.6) is 0 Å². The van der Waals surface area contributed by atoms with Gasteiger partial charge in [-0.2, -0.15) is 8.42 Å². The van der Waals surface area contributed by atoms with E-state index in [2.05, 4.69) is 5.32 Å². The molecule has 1 fully saturated rings. The van der Waals surface area contributed by atoms with Crippen LogP contribution in [0.25, 0.3) is 0 Å². The molecule has 1 amide bonds. The Morgan fingerprint density at radius 1 is 1.29 bits per heavy atom. The van der Waals surface area contributed by atoms with Crippen molar-refractivity contribution < 1.29 is 22.1 Å². The molecule has 7 heteroatoms. The van der Waals surface area contributed by atoms with Crippen molar-refractivity contribution in [2.24, 2.45) is 0 Å². The molecule has 0 spiro atoms. The molecule has 0 aromatic heterocycles. The van der Waals surface area contributed by atoms with Crippen LogP contribution in [0.1, 0.15) is 25.7 Å². The highest BCUT2D eigenvalue weighted by molar-refractivity contribution is 7.86. The molecular weight excluding hydrogens is 246 g/mol. The molecule has 0 aromatic carbocycles. The molecule has 0 aromatic rings. The number of hydrogen-bond acceptors (Lipinski definition) is 5. The molecule has 0 saturated heterocycles. The van der Waals surface area contributed by atoms with Crippen molar-refractivity contribution in [2.75, 3.05) is 20.0 Å². The van der Waals surface area contributed by atoms with E-state index < -0.39 is 10.1 Å². The zero-order valence-electron chi connectivity index (χ0n) is 10.1. The summed E-state index contributed by atoms with van der Waals surface area (Å²) >= 11 is 0. The highest BCUT2D eigenvalue weighted by Gasteiger charge is 2.25. The normalized spacial score (nSPS) is 25.5. The number of ether oxygens (including phenoxy) is 1. The van der Waals surface area contributed by atoms with E-state index in [1.807, 2.05) is 0 Å². The molecule has 0 radical (unpaired) electrons. The van der Waals surface area contributed by atoms with E-state index in [-0.39, 0.29) is 24.7 Å². The summed E-state index contributed by atoms with van der Waals surface area (Å²) in [6.45, 7) is 0.0553. The van der Waals surface area contributed by atoms with Crippen molar-refractivity contribution in [3.8, 4) is 0 Å². The fourth-order valence-corrected chi connectivity index (χ4v) is 2.64. The van der Waals surface area contributed by atoms with Gasteiger partial charge in [-0.15, -0.1) is 0 Å². The van der Waals surface area contributed by atoms with Crippen LogP contribution in [0, 0.1) is 0 Å². The van der Waals surface area contributed by atoms with Gasteiger partial charge in [-0.3, -0.25) is 8.98 Å². The predicted molar refractivity (Wildman–Crippen MR) is 62.0 cm³/mol. The maximum Gasteiger partial charge on any atom is 0.264 e. The largest absolute Gasteiger partial charge is 0.375 e. The van der Waals surface area contributed by atoms with Crippen molar-refractivity contribution in [1.29, 1.82) is 0 Å². The third-order valence-electron chi connectivity index (χ3n) is 2.63. The minimum atomic E-state index is -3.38. The van der Waals surface area contributed by atoms with Crippen LogP contribution in [0.4, 0.5) is 0 Å². The van der Waals surface area contributed by atoms with Crippen LogP contribution < -0.4 is 5.32 Å². The molecule has 100 valence electrons. The highest BCUT2D eigenvalue weighted by atomic mass is 32.2. The lowest BCUT2D eigenvalue weighted by molar-refractivity contribution is -0.125. The van der Waals surface area contributed by atoms with E-state index in [0.29, 0.717) is 12.8 Å². The summed E-state index contributed by atoms with van der Waals surface area (Å²) < 4.78 is 31.5. The number of carbonyl (C=O) groups is 1. The molecule has 1 aliphatic rings. The fraction of sp³-hybridized carbons (Fsp3) is 0.900. The second kappa shape index (κ2) is 6.32. The van der Waals surface area contributed by atoms with Gasteiger partial charge in [0.1, 0.15) is 6.61 Å². The van der Waals surface area contributed by atoms with Gasteiger partial charge in [0, 0.05) is 13.2 Å². The van der Waals surface area contributed by atoms with Crippen molar-refractivity contribution in [1.82, 2.24) is 5.32 Å². The quantitative estimate of drug-likeness (QED) is 0.710. The Bertz CT molecular complexity index is 346. The van der Waals surface area contributed by atoms with Crippen LogP contribution >= 0.6 is 0 Å². The number of amides is 1. The highest BCUT2D eigenvalue weighted by Crippen LogP contribution is 2.22. The van der Waals surface area contributed by atoms with Crippen LogP contribution in [-0.2, 0) is 23.8 Å². The van der Waals surface area contributed by atoms with Crippen molar-refractivity contribution >= 4 is 16.0 Å². The molecule has 0 heterocycles. The van der Waals surface area contributed by atoms with Gasteiger partial charge in [-0.1, -0.05) is 0 Å². The Morgan fingerprint density at radius 2 is 1.88 bits per heavy atom. The molecule has 0 bridgehead atoms. The average molecular weight is 265 g/mol. The fourth-order valence-electron chi connectivity index (χ4n) is 1.95. The van der Waals surface area contributed by atoms with Crippen molar-refractivity contribution in [2.45, 2.75) is 37.8 Å². The molecule has 0 atom stereocenters. The van der Waals surface area contributed by atoms with Gasteiger partial charge in [0.2, 0.25) is 5.91 Å². The predicted octanol–water partition coefficient (Wildman–Crippen LogP) is 0.0364. The molecule has 1 N–H and O–H groups in total. The zero-order valence-corrected chi connectivity index (χ0v) is 11.0. The average Bonchev–Trinajstić information content (AvgIpc) is 2.19. The Hall–Kier alpha value is -0.660. The lowest BCUT2D eigenvalue weighted by Crippen LogP contribution is -2.40. The maximum atomic E-state index is 11.3. The van der Waals surface area contributed by atoms with E-state index in [1.165, 1.54) is 7.11 Å². The minimum absolute atomic E-state index is 0.0553. The maximum absolute atomic E-state index is 11.3. The molecule has 17 heavy (non-hydrogen) atoms. The molecule has 1 saturated carbocycles. The minimum Gasteiger partial charge on any atom is -0.375 e. The topological polar surface area (TPSA) is 81.7 Å². The first-order chi connectivity index (χ1) is 7.90. The first-order valence-electron chi connectivity index (χ1n) is 5.57. The first kappa shape index (κ1) is 14.4. The van der Waals surface area contributed by atoms with Crippen molar-refractivity contribution in [3.05, 3.63) is 0 Å². The molecule has 1 rings (SSSR count).